The molecule has 0 heterocycles. The highest BCUT2D eigenvalue weighted by Gasteiger charge is 2.28. The summed E-state index contributed by atoms with van der Waals surface area (Å²) in [5, 5.41) is 9.37. The van der Waals surface area contributed by atoms with Crippen LogP contribution in [-0.4, -0.2) is 29.6 Å². The molecule has 0 atom stereocenters. The fourth-order valence-electron chi connectivity index (χ4n) is 2.77. The highest BCUT2D eigenvalue weighted by Crippen LogP contribution is 2.33. The molecule has 0 radical (unpaired) electrons. The van der Waals surface area contributed by atoms with Crippen LogP contribution in [0.4, 0.5) is 5.69 Å². The predicted molar refractivity (Wildman–Crippen MR) is 77.2 cm³/mol. The fraction of sp³-hybridized carbons (Fsp3) is 0.429. The van der Waals surface area contributed by atoms with Crippen LogP contribution in [0, 0.1) is 0 Å². The van der Waals surface area contributed by atoms with Crippen molar-refractivity contribution in [1.29, 1.82) is 0 Å². The van der Waals surface area contributed by atoms with Crippen molar-refractivity contribution in [1.82, 2.24) is 0 Å². The first-order valence-electron chi connectivity index (χ1n) is 6.57. The van der Waals surface area contributed by atoms with Gasteiger partial charge < -0.3 is 15.7 Å². The van der Waals surface area contributed by atoms with E-state index in [9.17, 15) is 9.59 Å². The molecule has 0 spiro atoms. The van der Waals surface area contributed by atoms with Gasteiger partial charge in [-0.25, -0.2) is 0 Å². The van der Waals surface area contributed by atoms with Gasteiger partial charge in [0.1, 0.15) is 6.54 Å². The van der Waals surface area contributed by atoms with Gasteiger partial charge in [0.2, 0.25) is 0 Å². The van der Waals surface area contributed by atoms with Crippen LogP contribution in [0.5, 0.6) is 0 Å². The number of hydrogen-bond acceptors (Lipinski definition) is 3. The largest absolute Gasteiger partial charge is 0.480 e. The molecule has 1 saturated carbocycles. The van der Waals surface area contributed by atoms with Crippen molar-refractivity contribution < 1.29 is 14.7 Å². The van der Waals surface area contributed by atoms with E-state index in [4.69, 9.17) is 22.4 Å². The fourth-order valence-corrected chi connectivity index (χ4v) is 3.03. The Labute approximate surface area is 122 Å². The minimum absolute atomic E-state index is 0.114. The molecule has 6 heteroatoms. The van der Waals surface area contributed by atoms with E-state index in [1.54, 1.807) is 23.1 Å². The van der Waals surface area contributed by atoms with Gasteiger partial charge in [0.15, 0.2) is 0 Å². The molecule has 1 aliphatic rings. The second-order valence-electron chi connectivity index (χ2n) is 4.96. The molecule has 108 valence electrons. The highest BCUT2D eigenvalue weighted by molar-refractivity contribution is 6.34. The van der Waals surface area contributed by atoms with Crippen LogP contribution in [0.2, 0.25) is 5.02 Å². The Morgan fingerprint density at radius 1 is 1.35 bits per heavy atom. The standard InChI is InChI=1S/C14H17ClN2O3/c15-10-6-3-7-11(13(10)14(16)20)17(8-12(18)19)9-4-1-2-5-9/h3,6-7,9H,1-2,4-5,8H2,(H2,16,20)(H,18,19). The summed E-state index contributed by atoms with van der Waals surface area (Å²) in [7, 11) is 0. The third-order valence-electron chi connectivity index (χ3n) is 3.62. The normalized spacial score (nSPS) is 15.2. The average Bonchev–Trinajstić information content (AvgIpc) is 2.88. The lowest BCUT2D eigenvalue weighted by molar-refractivity contribution is -0.135. The molecular formula is C14H17ClN2O3. The maximum absolute atomic E-state index is 11.6. The minimum Gasteiger partial charge on any atom is -0.480 e. The molecule has 1 aromatic carbocycles. The number of nitrogens with two attached hydrogens (primary N) is 1. The summed E-state index contributed by atoms with van der Waals surface area (Å²) < 4.78 is 0. The lowest BCUT2D eigenvalue weighted by Crippen LogP contribution is -2.39. The van der Waals surface area contributed by atoms with Crippen molar-refractivity contribution in [3.8, 4) is 0 Å². The van der Waals surface area contributed by atoms with Gasteiger partial charge in [-0.2, -0.15) is 0 Å². The Morgan fingerprint density at radius 2 is 2.00 bits per heavy atom. The van der Waals surface area contributed by atoms with Gasteiger partial charge in [-0.05, 0) is 25.0 Å². The monoisotopic (exact) mass is 296 g/mol. The first-order chi connectivity index (χ1) is 9.50. The highest BCUT2D eigenvalue weighted by atomic mass is 35.5. The molecule has 0 bridgehead atoms. The molecule has 0 aliphatic heterocycles. The van der Waals surface area contributed by atoms with Gasteiger partial charge in [-0.1, -0.05) is 30.5 Å². The number of nitrogens with zero attached hydrogens (tertiary/aromatic N) is 1. The van der Waals surface area contributed by atoms with Crippen molar-refractivity contribution in [3.05, 3.63) is 28.8 Å². The zero-order chi connectivity index (χ0) is 14.7. The summed E-state index contributed by atoms with van der Waals surface area (Å²) in [6.07, 6.45) is 3.95. The Kier molecular flexibility index (Phi) is 4.49. The maximum Gasteiger partial charge on any atom is 0.323 e. The molecule has 5 nitrogen and oxygen atoms in total. The number of carboxylic acids is 1. The first kappa shape index (κ1) is 14.7. The summed E-state index contributed by atoms with van der Waals surface area (Å²) in [5.74, 6) is -1.58. The number of rotatable bonds is 5. The molecule has 3 N–H and O–H groups in total. The number of carbonyl (C=O) groups excluding carboxylic acids is 1. The summed E-state index contributed by atoms with van der Waals surface area (Å²) in [4.78, 5) is 24.5. The summed E-state index contributed by atoms with van der Waals surface area (Å²) in [5.41, 5.74) is 6.10. The third-order valence-corrected chi connectivity index (χ3v) is 3.93. The van der Waals surface area contributed by atoms with Crippen LogP contribution in [-0.2, 0) is 4.79 Å². The SMILES string of the molecule is NC(=O)c1c(Cl)cccc1N(CC(=O)O)C1CCCC1. The number of carboxylic acid groups (broad SMARTS) is 1. The number of carbonyl (C=O) groups is 2. The maximum atomic E-state index is 11.6. The molecule has 20 heavy (non-hydrogen) atoms. The van der Waals surface area contributed by atoms with E-state index in [1.807, 2.05) is 0 Å². The number of halogens is 1. The molecular weight excluding hydrogens is 280 g/mol. The van der Waals surface area contributed by atoms with Crippen LogP contribution >= 0.6 is 11.6 Å². The smallest absolute Gasteiger partial charge is 0.323 e. The molecule has 1 fully saturated rings. The van der Waals surface area contributed by atoms with Crippen molar-refractivity contribution >= 4 is 29.2 Å². The van der Waals surface area contributed by atoms with Crippen LogP contribution < -0.4 is 10.6 Å². The zero-order valence-corrected chi connectivity index (χ0v) is 11.8. The Balaban J connectivity index is 2.44. The van der Waals surface area contributed by atoms with E-state index in [-0.39, 0.29) is 23.2 Å². The molecule has 0 aromatic heterocycles. The summed E-state index contributed by atoms with van der Waals surface area (Å²) in [6.45, 7) is -0.161. The lowest BCUT2D eigenvalue weighted by Gasteiger charge is -2.31. The zero-order valence-electron chi connectivity index (χ0n) is 11.0. The predicted octanol–water partition coefficient (Wildman–Crippen LogP) is 2.27. The van der Waals surface area contributed by atoms with E-state index >= 15 is 0 Å². The number of benzene rings is 1. The molecule has 1 aromatic rings. The van der Waals surface area contributed by atoms with E-state index in [2.05, 4.69) is 0 Å². The summed E-state index contributed by atoms with van der Waals surface area (Å²) in [6, 6.07) is 5.10. The molecule has 2 rings (SSSR count). The second kappa shape index (κ2) is 6.13. The lowest BCUT2D eigenvalue weighted by atomic mass is 10.1. The van der Waals surface area contributed by atoms with Gasteiger partial charge in [-0.15, -0.1) is 0 Å². The van der Waals surface area contributed by atoms with Crippen molar-refractivity contribution in [3.63, 3.8) is 0 Å². The molecule has 1 amide bonds. The van der Waals surface area contributed by atoms with Gasteiger partial charge in [0.25, 0.3) is 5.91 Å². The topological polar surface area (TPSA) is 83.6 Å². The van der Waals surface area contributed by atoms with Gasteiger partial charge in [0, 0.05) is 6.04 Å². The van der Waals surface area contributed by atoms with E-state index in [0.29, 0.717) is 5.69 Å². The van der Waals surface area contributed by atoms with Gasteiger partial charge in [0.05, 0.1) is 16.3 Å². The van der Waals surface area contributed by atoms with E-state index in [0.717, 1.165) is 25.7 Å². The molecule has 0 saturated heterocycles. The summed E-state index contributed by atoms with van der Waals surface area (Å²) >= 11 is 6.04. The Bertz CT molecular complexity index is 527. The molecule has 0 unspecified atom stereocenters. The van der Waals surface area contributed by atoms with Crippen molar-refractivity contribution in [2.45, 2.75) is 31.7 Å². The Hall–Kier alpha value is -1.75. The second-order valence-corrected chi connectivity index (χ2v) is 5.37. The molecule has 1 aliphatic carbocycles. The number of hydrogen-bond donors (Lipinski definition) is 2. The van der Waals surface area contributed by atoms with E-state index < -0.39 is 11.9 Å². The van der Waals surface area contributed by atoms with Gasteiger partial charge in [-0.3, -0.25) is 9.59 Å². The first-order valence-corrected chi connectivity index (χ1v) is 6.95. The number of anilines is 1. The van der Waals surface area contributed by atoms with Crippen LogP contribution in [0.3, 0.4) is 0 Å². The van der Waals surface area contributed by atoms with Crippen LogP contribution in [0.25, 0.3) is 0 Å². The van der Waals surface area contributed by atoms with Crippen molar-refractivity contribution in [2.75, 3.05) is 11.4 Å². The number of primary amides is 1. The van der Waals surface area contributed by atoms with Gasteiger partial charge >= 0.3 is 5.97 Å². The van der Waals surface area contributed by atoms with Crippen LogP contribution in [0.1, 0.15) is 36.0 Å². The average molecular weight is 297 g/mol. The number of aliphatic carboxylic acids is 1. The van der Waals surface area contributed by atoms with Crippen molar-refractivity contribution in [2.24, 2.45) is 5.73 Å². The quantitative estimate of drug-likeness (QED) is 0.873. The van der Waals surface area contributed by atoms with E-state index in [1.165, 1.54) is 0 Å². The Morgan fingerprint density at radius 3 is 2.55 bits per heavy atom. The van der Waals surface area contributed by atoms with Crippen LogP contribution in [0.15, 0.2) is 18.2 Å². The third kappa shape index (κ3) is 3.04. The minimum atomic E-state index is -0.938. The number of amides is 1.